The summed E-state index contributed by atoms with van der Waals surface area (Å²) >= 11 is 13.2. The molecule has 0 bridgehead atoms. The molecule has 0 fully saturated rings. The summed E-state index contributed by atoms with van der Waals surface area (Å²) in [6.45, 7) is 0. The number of hydrogen-bond donors (Lipinski definition) is 0. The van der Waals surface area contributed by atoms with Crippen LogP contribution in [0.4, 0.5) is 0 Å². The molecule has 26 heavy (non-hydrogen) atoms. The minimum absolute atomic E-state index is 0.0634. The van der Waals surface area contributed by atoms with Crippen molar-refractivity contribution in [3.8, 4) is 0 Å². The molecule has 0 aromatic heterocycles. The van der Waals surface area contributed by atoms with Gasteiger partial charge in [0.05, 0.1) is 22.3 Å². The van der Waals surface area contributed by atoms with Gasteiger partial charge < -0.3 is 0 Å². The van der Waals surface area contributed by atoms with E-state index in [4.69, 9.17) is 0 Å². The molecule has 6 nitrogen and oxygen atoms in total. The van der Waals surface area contributed by atoms with Crippen molar-refractivity contribution in [1.82, 2.24) is 10.0 Å². The van der Waals surface area contributed by atoms with Crippen LogP contribution >= 0.6 is 63.7 Å². The molecule has 0 unspecified atom stereocenters. The first-order valence-electron chi connectivity index (χ1n) is 6.99. The first-order valence-corrected chi connectivity index (χ1v) is 10.2. The molecule has 2 aliphatic heterocycles. The van der Waals surface area contributed by atoms with Gasteiger partial charge in [-0.05, 0) is 75.9 Å². The molecule has 0 saturated heterocycles. The van der Waals surface area contributed by atoms with Gasteiger partial charge in [0.25, 0.3) is 23.6 Å². The summed E-state index contributed by atoms with van der Waals surface area (Å²) in [6.07, 6.45) is 0. The van der Waals surface area contributed by atoms with Crippen LogP contribution in [0.15, 0.2) is 42.2 Å². The van der Waals surface area contributed by atoms with E-state index in [1.807, 2.05) is 0 Å². The van der Waals surface area contributed by atoms with Crippen molar-refractivity contribution in [2.45, 2.75) is 0 Å². The average Bonchev–Trinajstić information content (AvgIpc) is 3.03. The van der Waals surface area contributed by atoms with Crippen LogP contribution in [0.2, 0.25) is 0 Å². The third-order valence-corrected chi connectivity index (χ3v) is 8.82. The Labute approximate surface area is 180 Å². The van der Waals surface area contributed by atoms with E-state index in [0.29, 0.717) is 27.9 Å². The molecule has 10 heteroatoms. The number of fused-ring (bicyclic) bond motifs is 2. The maximum atomic E-state index is 12.9. The van der Waals surface area contributed by atoms with Crippen LogP contribution in [0.5, 0.6) is 0 Å². The van der Waals surface area contributed by atoms with Gasteiger partial charge in [-0.25, -0.2) is 0 Å². The summed E-state index contributed by atoms with van der Waals surface area (Å²) in [4.78, 5) is 51.2. The first-order chi connectivity index (χ1) is 12.3. The van der Waals surface area contributed by atoms with E-state index in [-0.39, 0.29) is 22.3 Å². The lowest BCUT2D eigenvalue weighted by atomic mass is 10.1. The van der Waals surface area contributed by atoms with Gasteiger partial charge in [0.15, 0.2) is 0 Å². The van der Waals surface area contributed by atoms with Crippen molar-refractivity contribution in [2.24, 2.45) is 0 Å². The zero-order chi connectivity index (χ0) is 18.9. The largest absolute Gasteiger partial charge is 0.282 e. The van der Waals surface area contributed by atoms with Crippen molar-refractivity contribution in [3.05, 3.63) is 64.4 Å². The zero-order valence-corrected chi connectivity index (χ0v) is 18.7. The third-order valence-electron chi connectivity index (χ3n) is 4.05. The number of carbonyl (C=O) groups excluding carboxylic acids is 4. The fourth-order valence-corrected chi connectivity index (χ4v) is 5.33. The number of nitrogens with zero attached hydrogens (tertiary/aromatic N) is 2. The Morgan fingerprint density at radius 3 is 1.27 bits per heavy atom. The van der Waals surface area contributed by atoms with Gasteiger partial charge in [-0.2, -0.15) is 10.0 Å². The SMILES string of the molecule is O=C1c2ccccc2C(=O)N1N1C(=O)c2c(Br)c(Br)c(Br)c(Br)c2C1=O. The molecule has 2 aliphatic rings. The van der Waals surface area contributed by atoms with Crippen LogP contribution in [-0.2, 0) is 0 Å². The number of benzene rings is 2. The van der Waals surface area contributed by atoms with E-state index in [9.17, 15) is 19.2 Å². The van der Waals surface area contributed by atoms with Crippen molar-refractivity contribution in [1.29, 1.82) is 0 Å². The molecule has 2 aromatic carbocycles. The topological polar surface area (TPSA) is 74.8 Å². The van der Waals surface area contributed by atoms with Crippen LogP contribution in [0, 0.1) is 0 Å². The van der Waals surface area contributed by atoms with Crippen LogP contribution in [0.25, 0.3) is 0 Å². The quantitative estimate of drug-likeness (QED) is 0.271. The molecule has 4 amide bonds. The second kappa shape index (κ2) is 6.08. The Kier molecular flexibility index (Phi) is 4.22. The van der Waals surface area contributed by atoms with Crippen molar-refractivity contribution in [2.75, 3.05) is 0 Å². The van der Waals surface area contributed by atoms with E-state index in [1.54, 1.807) is 12.1 Å². The summed E-state index contributed by atoms with van der Waals surface area (Å²) in [5.74, 6) is -2.96. The maximum absolute atomic E-state index is 12.9. The smallest absolute Gasteiger partial charge is 0.267 e. The predicted octanol–water partition coefficient (Wildman–Crippen LogP) is 4.54. The second-order valence-electron chi connectivity index (χ2n) is 5.40. The Balaban J connectivity index is 1.89. The number of carbonyl (C=O) groups is 4. The highest BCUT2D eigenvalue weighted by molar-refractivity contribution is 9.15. The summed E-state index contributed by atoms with van der Waals surface area (Å²) < 4.78 is 1.74. The lowest BCUT2D eigenvalue weighted by Crippen LogP contribution is -2.49. The standard InChI is InChI=1S/C16H4Br4N2O4/c17-9-7-8(10(18)12(20)11(9)19)16(26)22(15(7)25)21-13(23)5-3-1-2-4-6(5)14(21)24/h1-4H. The molecular weight excluding hydrogens is 604 g/mol. The fourth-order valence-electron chi connectivity index (χ4n) is 2.88. The highest BCUT2D eigenvalue weighted by atomic mass is 79.9. The number of hydrazine groups is 1. The van der Waals surface area contributed by atoms with E-state index >= 15 is 0 Å². The Bertz CT molecular complexity index is 1000. The third kappa shape index (κ3) is 2.19. The van der Waals surface area contributed by atoms with Gasteiger partial charge in [0, 0.05) is 17.9 Å². The molecule has 0 N–H and O–H groups in total. The number of rotatable bonds is 1. The molecule has 130 valence electrons. The number of amides is 4. The first kappa shape index (κ1) is 18.0. The van der Waals surface area contributed by atoms with Gasteiger partial charge in [-0.1, -0.05) is 12.1 Å². The van der Waals surface area contributed by atoms with E-state index in [2.05, 4.69) is 63.7 Å². The summed E-state index contributed by atoms with van der Waals surface area (Å²) in [6, 6.07) is 6.17. The number of imide groups is 2. The Morgan fingerprint density at radius 2 is 0.885 bits per heavy atom. The van der Waals surface area contributed by atoms with Crippen molar-refractivity contribution < 1.29 is 19.2 Å². The molecular formula is C16H4Br4N2O4. The molecule has 2 heterocycles. The van der Waals surface area contributed by atoms with E-state index < -0.39 is 23.6 Å². The molecule has 0 radical (unpaired) electrons. The number of halogens is 4. The Morgan fingerprint density at radius 1 is 0.538 bits per heavy atom. The van der Waals surface area contributed by atoms with Crippen LogP contribution in [0.3, 0.4) is 0 Å². The van der Waals surface area contributed by atoms with Gasteiger partial charge in [0.1, 0.15) is 0 Å². The highest BCUT2D eigenvalue weighted by Crippen LogP contribution is 2.46. The fraction of sp³-hybridized carbons (Fsp3) is 0. The monoisotopic (exact) mass is 604 g/mol. The van der Waals surface area contributed by atoms with Crippen LogP contribution in [0.1, 0.15) is 41.4 Å². The maximum Gasteiger partial charge on any atom is 0.282 e. The lowest BCUT2D eigenvalue weighted by Gasteiger charge is -2.23. The highest BCUT2D eigenvalue weighted by Gasteiger charge is 2.50. The van der Waals surface area contributed by atoms with Crippen LogP contribution in [-0.4, -0.2) is 33.6 Å². The summed E-state index contributed by atoms with van der Waals surface area (Å²) in [5.41, 5.74) is 0.422. The van der Waals surface area contributed by atoms with Crippen LogP contribution < -0.4 is 0 Å². The summed E-state index contributed by atoms with van der Waals surface area (Å²) in [5, 5.41) is 1.18. The normalized spacial score (nSPS) is 15.8. The van der Waals surface area contributed by atoms with Gasteiger partial charge >= 0.3 is 0 Å². The van der Waals surface area contributed by atoms with E-state index in [0.717, 1.165) is 0 Å². The molecule has 4 rings (SSSR count). The molecule has 0 spiro atoms. The summed E-state index contributed by atoms with van der Waals surface area (Å²) in [7, 11) is 0. The lowest BCUT2D eigenvalue weighted by molar-refractivity contribution is 0.00841. The molecule has 0 aliphatic carbocycles. The zero-order valence-electron chi connectivity index (χ0n) is 12.3. The van der Waals surface area contributed by atoms with Gasteiger partial charge in [-0.3, -0.25) is 19.2 Å². The second-order valence-corrected chi connectivity index (χ2v) is 8.57. The van der Waals surface area contributed by atoms with Crippen molar-refractivity contribution >= 4 is 87.3 Å². The minimum Gasteiger partial charge on any atom is -0.267 e. The minimum atomic E-state index is -0.764. The number of hydrogen-bond acceptors (Lipinski definition) is 4. The van der Waals surface area contributed by atoms with E-state index in [1.165, 1.54) is 12.1 Å². The predicted molar refractivity (Wildman–Crippen MR) is 105 cm³/mol. The van der Waals surface area contributed by atoms with Gasteiger partial charge in [0.2, 0.25) is 0 Å². The molecule has 2 aromatic rings. The van der Waals surface area contributed by atoms with Crippen molar-refractivity contribution in [3.63, 3.8) is 0 Å². The molecule has 0 atom stereocenters. The van der Waals surface area contributed by atoms with Gasteiger partial charge in [-0.15, -0.1) is 0 Å². The average molecular weight is 608 g/mol. The Hall–Kier alpha value is -1.36. The molecule has 0 saturated carbocycles.